The topological polar surface area (TPSA) is 170 Å². The molecule has 6 N–H and O–H groups in total. The van der Waals surface area contributed by atoms with Gasteiger partial charge in [0.05, 0.1) is 32.5 Å². The molecule has 2 heterocycles. The number of phenolic OH excluding ortho intramolecular Hbond substituents is 3. The summed E-state index contributed by atoms with van der Waals surface area (Å²) in [6, 6.07) is 6.66. The summed E-state index contributed by atoms with van der Waals surface area (Å²) in [6.45, 7) is -0.289. The minimum atomic E-state index is -1.59. The lowest BCUT2D eigenvalue weighted by molar-refractivity contribution is -0.242. The number of rotatable bonds is 5. The van der Waals surface area contributed by atoms with Crippen LogP contribution in [-0.4, -0.2) is 76.1 Å². The van der Waals surface area contributed by atoms with Crippen LogP contribution < -0.4 is 14.2 Å². The number of aliphatic hydroxyl groups excluding tert-OH is 3. The van der Waals surface area contributed by atoms with Crippen molar-refractivity contribution in [2.24, 2.45) is 0 Å². The van der Waals surface area contributed by atoms with Gasteiger partial charge in [-0.05, 0) is 0 Å². The molecule has 2 aromatic carbocycles. The molecule has 0 radical (unpaired) electrons. The minimum Gasteiger partial charge on any atom is -0.507 e. The van der Waals surface area contributed by atoms with Crippen LogP contribution in [0.5, 0.6) is 34.5 Å². The van der Waals surface area contributed by atoms with Gasteiger partial charge in [0.15, 0.2) is 11.5 Å². The largest absolute Gasteiger partial charge is 0.507 e. The second-order valence-electron chi connectivity index (χ2n) is 7.41. The molecule has 4 atom stereocenters. The smallest absolute Gasteiger partial charge is 0.402 e. The van der Waals surface area contributed by atoms with E-state index in [2.05, 4.69) is 0 Å². The van der Waals surface area contributed by atoms with Crippen LogP contribution in [0.2, 0.25) is 0 Å². The van der Waals surface area contributed by atoms with E-state index in [-0.39, 0.29) is 57.8 Å². The van der Waals surface area contributed by atoms with Gasteiger partial charge in [0.2, 0.25) is 17.8 Å². The zero-order chi connectivity index (χ0) is 23.9. The van der Waals surface area contributed by atoms with Gasteiger partial charge in [-0.2, -0.15) is 0 Å². The lowest BCUT2D eigenvalue weighted by Gasteiger charge is -2.34. The van der Waals surface area contributed by atoms with Gasteiger partial charge in [0.1, 0.15) is 35.2 Å². The first-order valence-electron chi connectivity index (χ1n) is 9.84. The molecular weight excluding hydrogens is 440 g/mol. The van der Waals surface area contributed by atoms with Crippen molar-refractivity contribution in [1.82, 2.24) is 0 Å². The van der Waals surface area contributed by atoms with Crippen molar-refractivity contribution in [3.05, 3.63) is 30.3 Å². The Morgan fingerprint density at radius 2 is 1.55 bits per heavy atom. The van der Waals surface area contributed by atoms with Gasteiger partial charge in [-0.15, -0.1) is 0 Å². The normalized spacial score (nSPS) is 22.8. The molecule has 1 saturated heterocycles. The highest BCUT2D eigenvalue weighted by Gasteiger charge is 2.40. The summed E-state index contributed by atoms with van der Waals surface area (Å²) >= 11 is 0. The molecule has 0 saturated carbocycles. The molecule has 0 bridgehead atoms. The van der Waals surface area contributed by atoms with Crippen molar-refractivity contribution in [1.29, 1.82) is 0 Å². The van der Waals surface area contributed by atoms with Crippen LogP contribution in [0.4, 0.5) is 0 Å². The SMILES string of the molecule is COc1cc(-c2[o+]c3cc(O)cc(O)c3cc2O[C@H]2OC[C@@H](O)[C@H](O)[C@H]2O)cc(OC)c1O. The lowest BCUT2D eigenvalue weighted by Crippen LogP contribution is -2.54. The van der Waals surface area contributed by atoms with E-state index < -0.39 is 24.6 Å². The second-order valence-corrected chi connectivity index (χ2v) is 7.41. The number of benzene rings is 2. The van der Waals surface area contributed by atoms with E-state index in [0.29, 0.717) is 5.56 Å². The van der Waals surface area contributed by atoms with E-state index in [1.54, 1.807) is 0 Å². The highest BCUT2D eigenvalue weighted by atomic mass is 16.7. The summed E-state index contributed by atoms with van der Waals surface area (Å²) in [5.74, 6) is -0.635. The Labute approximate surface area is 187 Å². The molecule has 176 valence electrons. The quantitative estimate of drug-likeness (QED) is 0.302. The number of hydrogen-bond donors (Lipinski definition) is 6. The summed E-state index contributed by atoms with van der Waals surface area (Å²) in [5, 5.41) is 60.5. The first-order chi connectivity index (χ1) is 15.7. The van der Waals surface area contributed by atoms with Crippen LogP contribution in [0.1, 0.15) is 0 Å². The van der Waals surface area contributed by atoms with E-state index in [4.69, 9.17) is 23.4 Å². The number of fused-ring (bicyclic) bond motifs is 1. The van der Waals surface area contributed by atoms with Crippen molar-refractivity contribution in [3.63, 3.8) is 0 Å². The molecule has 0 aliphatic carbocycles. The molecule has 3 aromatic rings. The molecule has 4 rings (SSSR count). The Balaban J connectivity index is 1.89. The first-order valence-corrected chi connectivity index (χ1v) is 9.84. The Bertz CT molecular complexity index is 1150. The summed E-state index contributed by atoms with van der Waals surface area (Å²) in [6.07, 6.45) is -5.77. The van der Waals surface area contributed by atoms with Crippen molar-refractivity contribution < 1.29 is 54.0 Å². The highest BCUT2D eigenvalue weighted by molar-refractivity contribution is 5.88. The molecule has 1 aliphatic heterocycles. The number of aliphatic hydroxyl groups is 3. The third kappa shape index (κ3) is 4.14. The monoisotopic (exact) mass is 463 g/mol. The average molecular weight is 463 g/mol. The third-order valence-corrected chi connectivity index (χ3v) is 5.26. The Hall–Kier alpha value is -3.51. The fraction of sp³-hybridized carbons (Fsp3) is 0.318. The third-order valence-electron chi connectivity index (χ3n) is 5.26. The predicted octanol–water partition coefficient (Wildman–Crippen LogP) is 1.33. The van der Waals surface area contributed by atoms with Gasteiger partial charge < -0.3 is 49.6 Å². The number of ether oxygens (including phenoxy) is 4. The van der Waals surface area contributed by atoms with Crippen LogP contribution in [0.25, 0.3) is 22.3 Å². The lowest BCUT2D eigenvalue weighted by atomic mass is 10.1. The summed E-state index contributed by atoms with van der Waals surface area (Å²) in [4.78, 5) is 0. The second kappa shape index (κ2) is 8.79. The summed E-state index contributed by atoms with van der Waals surface area (Å²) in [7, 11) is 2.70. The van der Waals surface area contributed by atoms with Crippen LogP contribution in [0, 0.1) is 0 Å². The molecule has 1 fully saturated rings. The maximum absolute atomic E-state index is 10.3. The number of phenols is 3. The average Bonchev–Trinajstić information content (AvgIpc) is 2.79. The van der Waals surface area contributed by atoms with Crippen molar-refractivity contribution in [2.75, 3.05) is 20.8 Å². The molecule has 0 unspecified atom stereocenters. The van der Waals surface area contributed by atoms with Gasteiger partial charge in [0.25, 0.3) is 0 Å². The molecule has 11 nitrogen and oxygen atoms in total. The number of aromatic hydroxyl groups is 3. The zero-order valence-corrected chi connectivity index (χ0v) is 17.6. The van der Waals surface area contributed by atoms with Crippen molar-refractivity contribution in [3.8, 4) is 45.8 Å². The molecule has 33 heavy (non-hydrogen) atoms. The van der Waals surface area contributed by atoms with E-state index >= 15 is 0 Å². The summed E-state index contributed by atoms with van der Waals surface area (Å²) in [5.41, 5.74) is 0.411. The molecule has 0 amide bonds. The Kier molecular flexibility index (Phi) is 6.04. The van der Waals surface area contributed by atoms with Crippen LogP contribution in [0.15, 0.2) is 34.7 Å². The number of methoxy groups -OCH3 is 2. The highest BCUT2D eigenvalue weighted by Crippen LogP contribution is 2.45. The van der Waals surface area contributed by atoms with Crippen molar-refractivity contribution in [2.45, 2.75) is 24.6 Å². The van der Waals surface area contributed by atoms with E-state index in [1.165, 1.54) is 38.5 Å². The van der Waals surface area contributed by atoms with E-state index in [0.717, 1.165) is 6.07 Å². The first kappa shape index (κ1) is 22.7. The maximum atomic E-state index is 10.3. The van der Waals surface area contributed by atoms with Crippen LogP contribution >= 0.6 is 0 Å². The van der Waals surface area contributed by atoms with Crippen molar-refractivity contribution >= 4 is 11.0 Å². The predicted molar refractivity (Wildman–Crippen MR) is 113 cm³/mol. The van der Waals surface area contributed by atoms with Gasteiger partial charge in [-0.1, -0.05) is 0 Å². The fourth-order valence-corrected chi connectivity index (χ4v) is 3.51. The molecule has 1 aliphatic rings. The summed E-state index contributed by atoms with van der Waals surface area (Å²) < 4.78 is 27.4. The van der Waals surface area contributed by atoms with Gasteiger partial charge >= 0.3 is 11.3 Å². The maximum Gasteiger partial charge on any atom is 0.402 e. The number of hydrogen-bond acceptors (Lipinski definition) is 10. The molecule has 11 heteroatoms. The van der Waals surface area contributed by atoms with Crippen LogP contribution in [0.3, 0.4) is 0 Å². The Morgan fingerprint density at radius 3 is 2.18 bits per heavy atom. The van der Waals surface area contributed by atoms with Gasteiger partial charge in [0, 0.05) is 24.3 Å². The minimum absolute atomic E-state index is 0.0223. The standard InChI is InChI=1S/C22H22O11/c1-29-15-3-9(4-16(30-2)19(15)27)21-17(33-22-20(28)18(26)13(25)8-31-22)7-11-12(24)5-10(23)6-14(11)32-21/h3-7,13,18,20,22,25-26,28H,8H2,1-2H3,(H2-,23,24,27)/p+1/t13-,18+,20-,22-/m1/s1. The fourth-order valence-electron chi connectivity index (χ4n) is 3.51. The Morgan fingerprint density at radius 1 is 0.879 bits per heavy atom. The van der Waals surface area contributed by atoms with E-state index in [1.807, 2.05) is 0 Å². The van der Waals surface area contributed by atoms with Gasteiger partial charge in [-0.25, -0.2) is 4.42 Å². The zero-order valence-electron chi connectivity index (χ0n) is 17.6. The molecular formula is C22H23O11+. The molecule has 0 spiro atoms. The van der Waals surface area contributed by atoms with Crippen LogP contribution in [-0.2, 0) is 4.74 Å². The molecule has 1 aromatic heterocycles. The van der Waals surface area contributed by atoms with Gasteiger partial charge in [-0.3, -0.25) is 0 Å². The van der Waals surface area contributed by atoms with E-state index in [9.17, 15) is 30.6 Å².